The van der Waals surface area contributed by atoms with E-state index >= 15 is 0 Å². The zero-order valence-electron chi connectivity index (χ0n) is 13.4. The molecule has 2 heterocycles. The average molecular weight is 395 g/mol. The number of halogens is 2. The first kappa shape index (κ1) is 17.1. The predicted octanol–water partition coefficient (Wildman–Crippen LogP) is 4.80. The molecular weight excluding hydrogens is 379 g/mol. The average Bonchev–Trinajstić information content (AvgIpc) is 3.25. The lowest BCUT2D eigenvalue weighted by Gasteiger charge is -2.27. The zero-order chi connectivity index (χ0) is 17.6. The van der Waals surface area contributed by atoms with Crippen LogP contribution in [0.15, 0.2) is 40.3 Å². The second kappa shape index (κ2) is 6.74. The third-order valence-corrected chi connectivity index (χ3v) is 5.87. The monoisotopic (exact) mass is 394 g/mol. The molecule has 0 radical (unpaired) electrons. The lowest BCUT2D eigenvalue weighted by Crippen LogP contribution is -2.30. The number of fused-ring (bicyclic) bond motifs is 1. The van der Waals surface area contributed by atoms with E-state index in [1.165, 1.54) is 0 Å². The van der Waals surface area contributed by atoms with Gasteiger partial charge in [-0.3, -0.25) is 4.90 Å². The van der Waals surface area contributed by atoms with Gasteiger partial charge in [0.1, 0.15) is 6.26 Å². The van der Waals surface area contributed by atoms with Crippen molar-refractivity contribution in [2.75, 3.05) is 7.05 Å². The van der Waals surface area contributed by atoms with Crippen LogP contribution in [-0.2, 0) is 13.0 Å². The van der Waals surface area contributed by atoms with Crippen molar-refractivity contribution >= 4 is 34.5 Å². The predicted molar refractivity (Wildman–Crippen MR) is 100 cm³/mol. The summed E-state index contributed by atoms with van der Waals surface area (Å²) in [5.74, 6) is 0.622. The number of rotatable bonds is 4. The minimum atomic E-state index is -0.528. The molecule has 4 nitrogen and oxygen atoms in total. The van der Waals surface area contributed by atoms with E-state index in [1.54, 1.807) is 23.7 Å². The van der Waals surface area contributed by atoms with Gasteiger partial charge in [-0.25, -0.2) is 4.98 Å². The summed E-state index contributed by atoms with van der Waals surface area (Å²) in [6.45, 7) is 0.556. The Hall–Kier alpha value is -1.37. The quantitative estimate of drug-likeness (QED) is 0.690. The Bertz CT molecular complexity index is 895. The number of likely N-dealkylation sites (N-methyl/N-ethyl adjacent to an activating group) is 1. The van der Waals surface area contributed by atoms with E-state index in [0.717, 1.165) is 21.7 Å². The largest absolute Gasteiger partial charge is 0.444 e. The summed E-state index contributed by atoms with van der Waals surface area (Å²) < 4.78 is 5.58. The number of benzene rings is 1. The molecule has 0 fully saturated rings. The number of aliphatic hydroxyl groups is 1. The fraction of sp³-hybridized carbons (Fsp3) is 0.278. The van der Waals surface area contributed by atoms with E-state index in [-0.39, 0.29) is 6.04 Å². The molecule has 0 bridgehead atoms. The summed E-state index contributed by atoms with van der Waals surface area (Å²) in [7, 11) is 1.96. The smallest absolute Gasteiger partial charge is 0.236 e. The molecule has 25 heavy (non-hydrogen) atoms. The number of oxazole rings is 1. The molecule has 2 atom stereocenters. The molecule has 4 rings (SSSR count). The Labute approximate surface area is 159 Å². The highest BCUT2D eigenvalue weighted by Crippen LogP contribution is 2.41. The van der Waals surface area contributed by atoms with E-state index in [4.69, 9.17) is 27.6 Å². The first-order valence-electron chi connectivity index (χ1n) is 7.87. The van der Waals surface area contributed by atoms with Crippen LogP contribution in [0, 0.1) is 0 Å². The van der Waals surface area contributed by atoms with Gasteiger partial charge in [0.25, 0.3) is 0 Å². The third-order valence-electron chi connectivity index (χ3n) is 4.46. The van der Waals surface area contributed by atoms with Crippen LogP contribution in [0.4, 0.5) is 0 Å². The maximum atomic E-state index is 10.5. The second-order valence-corrected chi connectivity index (χ2v) is 8.00. The lowest BCUT2D eigenvalue weighted by atomic mass is 10.1. The third kappa shape index (κ3) is 3.23. The van der Waals surface area contributed by atoms with E-state index in [1.807, 2.05) is 30.6 Å². The van der Waals surface area contributed by atoms with Crippen LogP contribution in [0.1, 0.15) is 22.9 Å². The van der Waals surface area contributed by atoms with Gasteiger partial charge in [-0.15, -0.1) is 11.3 Å². The van der Waals surface area contributed by atoms with Crippen molar-refractivity contribution in [1.29, 1.82) is 0 Å². The number of nitrogens with zero attached hydrogens (tertiary/aromatic N) is 2. The molecule has 0 spiro atoms. The van der Waals surface area contributed by atoms with Crippen LogP contribution >= 0.6 is 34.5 Å². The second-order valence-electron chi connectivity index (χ2n) is 6.21. The Morgan fingerprint density at radius 1 is 1.40 bits per heavy atom. The highest BCUT2D eigenvalue weighted by atomic mass is 35.5. The van der Waals surface area contributed by atoms with Gasteiger partial charge in [-0.1, -0.05) is 29.3 Å². The molecular formula is C18H16Cl2N2O2S. The van der Waals surface area contributed by atoms with E-state index in [2.05, 4.69) is 9.88 Å². The molecule has 1 N–H and O–H groups in total. The Balaban J connectivity index is 1.57. The number of thiophene rings is 1. The summed E-state index contributed by atoms with van der Waals surface area (Å²) in [5.41, 5.74) is 2.77. The van der Waals surface area contributed by atoms with Gasteiger partial charge >= 0.3 is 0 Å². The minimum Gasteiger partial charge on any atom is -0.444 e. The lowest BCUT2D eigenvalue weighted by molar-refractivity contribution is 0.0718. The van der Waals surface area contributed by atoms with Gasteiger partial charge in [0, 0.05) is 23.0 Å². The Morgan fingerprint density at radius 2 is 2.24 bits per heavy atom. The molecule has 3 aromatic rings. The number of aromatic nitrogens is 1. The van der Waals surface area contributed by atoms with E-state index in [9.17, 15) is 5.11 Å². The molecule has 0 aliphatic heterocycles. The number of hydrogen-bond donors (Lipinski definition) is 1. The molecule has 1 aliphatic rings. The first-order valence-corrected chi connectivity index (χ1v) is 9.51. The molecule has 0 amide bonds. The van der Waals surface area contributed by atoms with Crippen LogP contribution in [0.5, 0.6) is 0 Å². The summed E-state index contributed by atoms with van der Waals surface area (Å²) in [6.07, 6.45) is 1.66. The molecule has 0 unspecified atom stereocenters. The number of aliphatic hydroxyl groups excluding tert-OH is 1. The van der Waals surface area contributed by atoms with Crippen LogP contribution < -0.4 is 0 Å². The SMILES string of the molecule is CN(Cc1coc(-c2cccs2)n1)[C@@H]1c2cc(Cl)cc(Cl)c2C[C@H]1O. The molecule has 1 aromatic carbocycles. The normalized spacial score (nSPS) is 19.6. The van der Waals surface area contributed by atoms with Crippen molar-refractivity contribution in [3.05, 3.63) is 62.8 Å². The van der Waals surface area contributed by atoms with Crippen molar-refractivity contribution < 1.29 is 9.52 Å². The van der Waals surface area contributed by atoms with Crippen molar-refractivity contribution in [2.45, 2.75) is 25.1 Å². The maximum absolute atomic E-state index is 10.5. The Morgan fingerprint density at radius 3 is 3.00 bits per heavy atom. The molecule has 7 heteroatoms. The maximum Gasteiger partial charge on any atom is 0.236 e. The summed E-state index contributed by atoms with van der Waals surface area (Å²) in [5, 5.41) is 13.7. The molecule has 2 aromatic heterocycles. The van der Waals surface area contributed by atoms with Gasteiger partial charge < -0.3 is 9.52 Å². The van der Waals surface area contributed by atoms with Gasteiger partial charge in [0.2, 0.25) is 5.89 Å². The fourth-order valence-corrected chi connectivity index (χ4v) is 4.65. The van der Waals surface area contributed by atoms with Gasteiger partial charge in [0.05, 0.1) is 22.7 Å². The van der Waals surface area contributed by atoms with Crippen LogP contribution in [0.3, 0.4) is 0 Å². The van der Waals surface area contributed by atoms with Crippen LogP contribution in [-0.4, -0.2) is 28.1 Å². The van der Waals surface area contributed by atoms with Gasteiger partial charge in [-0.05, 0) is 41.8 Å². The highest BCUT2D eigenvalue weighted by Gasteiger charge is 2.36. The standard InChI is InChI=1S/C18H16Cl2N2O2S/c1-22(8-11-9-24-18(21-11)16-3-2-4-25-16)17-13-5-10(19)6-14(20)12(13)7-15(17)23/h2-6,9,15,17,23H,7-8H2,1H3/t15-,17-/m1/s1. The van der Waals surface area contributed by atoms with E-state index < -0.39 is 6.10 Å². The zero-order valence-corrected chi connectivity index (χ0v) is 15.8. The van der Waals surface area contributed by atoms with Crippen molar-refractivity contribution in [1.82, 2.24) is 9.88 Å². The Kier molecular flexibility index (Phi) is 4.60. The molecule has 130 valence electrons. The van der Waals surface area contributed by atoms with Crippen LogP contribution in [0.2, 0.25) is 10.0 Å². The van der Waals surface area contributed by atoms with Gasteiger partial charge in [-0.2, -0.15) is 0 Å². The van der Waals surface area contributed by atoms with Crippen molar-refractivity contribution in [3.63, 3.8) is 0 Å². The fourth-order valence-electron chi connectivity index (χ4n) is 3.41. The van der Waals surface area contributed by atoms with Crippen LogP contribution in [0.25, 0.3) is 10.8 Å². The van der Waals surface area contributed by atoms with Crippen molar-refractivity contribution in [2.24, 2.45) is 0 Å². The highest BCUT2D eigenvalue weighted by molar-refractivity contribution is 7.13. The summed E-state index contributed by atoms with van der Waals surface area (Å²) in [6, 6.07) is 7.38. The molecule has 0 saturated carbocycles. The summed E-state index contributed by atoms with van der Waals surface area (Å²) in [4.78, 5) is 7.60. The molecule has 0 saturated heterocycles. The summed E-state index contributed by atoms with van der Waals surface area (Å²) >= 11 is 14.0. The van der Waals surface area contributed by atoms with E-state index in [0.29, 0.717) is 28.9 Å². The topological polar surface area (TPSA) is 49.5 Å². The first-order chi connectivity index (χ1) is 12.0. The molecule has 1 aliphatic carbocycles. The van der Waals surface area contributed by atoms with Gasteiger partial charge in [0.15, 0.2) is 0 Å². The van der Waals surface area contributed by atoms with Crippen molar-refractivity contribution in [3.8, 4) is 10.8 Å². The minimum absolute atomic E-state index is 0.173. The number of hydrogen-bond acceptors (Lipinski definition) is 5.